The van der Waals surface area contributed by atoms with E-state index in [0.717, 1.165) is 29.7 Å². The molecule has 0 N–H and O–H groups in total. The molecular weight excluding hydrogens is 368 g/mol. The van der Waals surface area contributed by atoms with Crippen molar-refractivity contribution in [3.05, 3.63) is 35.7 Å². The van der Waals surface area contributed by atoms with Gasteiger partial charge in [0.1, 0.15) is 5.75 Å². The Labute approximate surface area is 160 Å². The van der Waals surface area contributed by atoms with Crippen molar-refractivity contribution in [3.8, 4) is 11.3 Å². The van der Waals surface area contributed by atoms with E-state index >= 15 is 0 Å². The van der Waals surface area contributed by atoms with E-state index in [1.165, 1.54) is 0 Å². The number of benzene rings is 1. The van der Waals surface area contributed by atoms with Gasteiger partial charge in [-0.3, -0.25) is 4.79 Å². The van der Waals surface area contributed by atoms with Crippen molar-refractivity contribution >= 4 is 27.1 Å². The molecule has 0 aliphatic carbocycles. The molecule has 26 heavy (non-hydrogen) atoms. The second kappa shape index (κ2) is 8.77. The van der Waals surface area contributed by atoms with Gasteiger partial charge in [-0.2, -0.15) is 0 Å². The van der Waals surface area contributed by atoms with Crippen LogP contribution < -0.4 is 0 Å². The Morgan fingerprint density at radius 1 is 1.12 bits per heavy atom. The number of carbonyl (C=O) groups is 1. The lowest BCUT2D eigenvalue weighted by Crippen LogP contribution is -2.46. The molecule has 142 valence electrons. The molecule has 0 aliphatic rings. The highest BCUT2D eigenvalue weighted by molar-refractivity contribution is 7.94. The maximum absolute atomic E-state index is 12.7. The summed E-state index contributed by atoms with van der Waals surface area (Å²) in [7, 11) is -3.76. The number of aromatic nitrogens is 1. The van der Waals surface area contributed by atoms with Gasteiger partial charge in [0.25, 0.3) is 0 Å². The molecule has 0 spiro atoms. The first-order chi connectivity index (χ1) is 12.3. The average Bonchev–Trinajstić information content (AvgIpc) is 3.13. The average molecular weight is 395 g/mol. The Morgan fingerprint density at radius 2 is 1.69 bits per heavy atom. The fraction of sp³-hybridized carbons (Fsp3) is 0.474. The lowest BCUT2D eigenvalue weighted by atomic mass is 10.1. The maximum Gasteiger partial charge on any atom is 0.238 e. The minimum absolute atomic E-state index is 0.00189. The van der Waals surface area contributed by atoms with Gasteiger partial charge < -0.3 is 4.90 Å². The van der Waals surface area contributed by atoms with Gasteiger partial charge in [0.05, 0.1) is 5.69 Å². The van der Waals surface area contributed by atoms with Crippen LogP contribution in [0.3, 0.4) is 0 Å². The Hall–Kier alpha value is -1.73. The van der Waals surface area contributed by atoms with Gasteiger partial charge in [-0.15, -0.1) is 11.3 Å². The van der Waals surface area contributed by atoms with Gasteiger partial charge in [0, 0.05) is 23.0 Å². The van der Waals surface area contributed by atoms with Crippen LogP contribution in [0.15, 0.2) is 40.1 Å². The number of hydrogen-bond donors (Lipinski definition) is 0. The van der Waals surface area contributed by atoms with Crippen molar-refractivity contribution in [3.63, 3.8) is 0 Å². The summed E-state index contributed by atoms with van der Waals surface area (Å²) in [6.07, 6.45) is 1.57. The summed E-state index contributed by atoms with van der Waals surface area (Å²) in [5.41, 5.74) is 1.47. The number of rotatable bonds is 8. The Morgan fingerprint density at radius 3 is 2.23 bits per heavy atom. The number of nitrogens with zero attached hydrogens (tertiary/aromatic N) is 2. The largest absolute Gasteiger partial charge is 0.336 e. The van der Waals surface area contributed by atoms with Crippen LogP contribution in [0.5, 0.6) is 0 Å². The Balaban J connectivity index is 2.22. The smallest absolute Gasteiger partial charge is 0.238 e. The minimum Gasteiger partial charge on any atom is -0.336 e. The Bertz CT molecular complexity index is 821. The first kappa shape index (κ1) is 20.6. The van der Waals surface area contributed by atoms with E-state index in [1.807, 2.05) is 58.0 Å². The first-order valence-electron chi connectivity index (χ1n) is 8.85. The van der Waals surface area contributed by atoms with Gasteiger partial charge >= 0.3 is 0 Å². The molecule has 2 aromatic rings. The lowest BCUT2D eigenvalue weighted by Gasteiger charge is -2.33. The van der Waals surface area contributed by atoms with Crippen LogP contribution in [0.25, 0.3) is 11.3 Å². The second-order valence-corrected chi connectivity index (χ2v) is 9.46. The van der Waals surface area contributed by atoms with Crippen molar-refractivity contribution in [2.45, 2.75) is 57.0 Å². The lowest BCUT2D eigenvalue weighted by molar-refractivity contribution is -0.132. The second-order valence-electron chi connectivity index (χ2n) is 6.44. The number of hydrogen-bond acceptors (Lipinski definition) is 5. The van der Waals surface area contributed by atoms with Crippen molar-refractivity contribution < 1.29 is 13.2 Å². The van der Waals surface area contributed by atoms with Crippen molar-refractivity contribution in [2.24, 2.45) is 0 Å². The van der Waals surface area contributed by atoms with Crippen LogP contribution in [0.4, 0.5) is 0 Å². The highest BCUT2D eigenvalue weighted by atomic mass is 32.2. The van der Waals surface area contributed by atoms with Gasteiger partial charge in [0.15, 0.2) is 0 Å². The summed E-state index contributed by atoms with van der Waals surface area (Å²) >= 11 is 1.06. The van der Waals surface area contributed by atoms with E-state index < -0.39 is 15.6 Å². The molecule has 2 atom stereocenters. The topological polar surface area (TPSA) is 67.3 Å². The highest BCUT2D eigenvalue weighted by Gasteiger charge is 2.30. The van der Waals surface area contributed by atoms with E-state index in [4.69, 9.17) is 0 Å². The Kier molecular flexibility index (Phi) is 6.94. The first-order valence-corrected chi connectivity index (χ1v) is 11.4. The van der Waals surface area contributed by atoms with Crippen LogP contribution in [-0.4, -0.2) is 42.0 Å². The zero-order valence-electron chi connectivity index (χ0n) is 15.7. The number of sulfone groups is 1. The van der Waals surface area contributed by atoms with Crippen LogP contribution in [0, 0.1) is 0 Å². The summed E-state index contributed by atoms with van der Waals surface area (Å²) in [5.74, 6) is -0.895. The van der Waals surface area contributed by atoms with Gasteiger partial charge in [0.2, 0.25) is 20.1 Å². The molecule has 0 aliphatic heterocycles. The molecule has 1 aromatic carbocycles. The standard InChI is InChI=1S/C19H26N2O3S2/c1-5-14(3)21(15(4)6-2)18(22)13-26(23,24)19-20-17(12-25-19)16-10-8-7-9-11-16/h7-12,14-15H,5-6,13H2,1-4H3/t14-,15-/m0/s1. The van der Waals surface area contributed by atoms with Crippen LogP contribution in [0.2, 0.25) is 0 Å². The van der Waals surface area contributed by atoms with Crippen molar-refractivity contribution in [1.29, 1.82) is 0 Å². The zero-order valence-corrected chi connectivity index (χ0v) is 17.3. The van der Waals surface area contributed by atoms with Crippen molar-refractivity contribution in [2.75, 3.05) is 5.75 Å². The highest BCUT2D eigenvalue weighted by Crippen LogP contribution is 2.25. The molecule has 1 amide bonds. The third-order valence-electron chi connectivity index (χ3n) is 4.55. The van der Waals surface area contributed by atoms with E-state index in [-0.39, 0.29) is 22.3 Å². The van der Waals surface area contributed by atoms with Crippen LogP contribution >= 0.6 is 11.3 Å². The molecule has 0 unspecified atom stereocenters. The predicted molar refractivity (Wildman–Crippen MR) is 106 cm³/mol. The normalized spacial score (nSPS) is 14.0. The monoisotopic (exact) mass is 394 g/mol. The summed E-state index contributed by atoms with van der Waals surface area (Å²) in [4.78, 5) is 18.7. The number of amides is 1. The van der Waals surface area contributed by atoms with Crippen molar-refractivity contribution in [1.82, 2.24) is 9.88 Å². The van der Waals surface area contributed by atoms with Crippen LogP contribution in [0.1, 0.15) is 40.5 Å². The molecule has 2 rings (SSSR count). The van der Waals surface area contributed by atoms with Gasteiger partial charge in [-0.25, -0.2) is 13.4 Å². The molecule has 0 radical (unpaired) electrons. The quantitative estimate of drug-likeness (QED) is 0.678. The molecule has 0 bridgehead atoms. The van der Waals surface area contributed by atoms with Gasteiger partial charge in [-0.05, 0) is 26.7 Å². The molecular formula is C19H26N2O3S2. The molecule has 0 saturated heterocycles. The van der Waals surface area contributed by atoms with E-state index in [1.54, 1.807) is 10.3 Å². The third-order valence-corrected chi connectivity index (χ3v) is 7.49. The molecule has 1 heterocycles. The molecule has 5 nitrogen and oxygen atoms in total. The minimum atomic E-state index is -3.76. The number of carbonyl (C=O) groups excluding carboxylic acids is 1. The molecule has 7 heteroatoms. The fourth-order valence-electron chi connectivity index (χ4n) is 2.76. The molecule has 0 saturated carbocycles. The zero-order chi connectivity index (χ0) is 19.3. The number of thiazole rings is 1. The molecule has 1 aromatic heterocycles. The van der Waals surface area contributed by atoms with E-state index in [0.29, 0.717) is 5.69 Å². The fourth-order valence-corrected chi connectivity index (χ4v) is 5.05. The van der Waals surface area contributed by atoms with E-state index in [2.05, 4.69) is 4.98 Å². The van der Waals surface area contributed by atoms with E-state index in [9.17, 15) is 13.2 Å². The third kappa shape index (κ3) is 4.71. The maximum atomic E-state index is 12.7. The molecule has 0 fully saturated rings. The summed E-state index contributed by atoms with van der Waals surface area (Å²) in [5, 5.41) is 1.72. The van der Waals surface area contributed by atoms with Crippen LogP contribution in [-0.2, 0) is 14.6 Å². The summed E-state index contributed by atoms with van der Waals surface area (Å²) in [6.45, 7) is 7.89. The SMILES string of the molecule is CC[C@H](C)N(C(=O)CS(=O)(=O)c1nc(-c2ccccc2)cs1)[C@@H](C)CC. The predicted octanol–water partition coefficient (Wildman–Crippen LogP) is 4.01. The van der Waals surface area contributed by atoms with Gasteiger partial charge in [-0.1, -0.05) is 44.2 Å². The summed E-state index contributed by atoms with van der Waals surface area (Å²) in [6, 6.07) is 9.41. The summed E-state index contributed by atoms with van der Waals surface area (Å²) < 4.78 is 25.4.